The van der Waals surface area contributed by atoms with E-state index < -0.39 is 0 Å². The van der Waals surface area contributed by atoms with Crippen LogP contribution >= 0.6 is 27.7 Å². The Balaban J connectivity index is 1.40. The minimum absolute atomic E-state index is 0.0692. The van der Waals surface area contributed by atoms with Gasteiger partial charge < -0.3 is 9.47 Å². The van der Waals surface area contributed by atoms with Crippen LogP contribution < -0.4 is 9.47 Å². The summed E-state index contributed by atoms with van der Waals surface area (Å²) in [5.74, 6) is 1.40. The van der Waals surface area contributed by atoms with Gasteiger partial charge in [-0.1, -0.05) is 52.3 Å². The number of likely N-dealkylation sites (N-methyl/N-ethyl adjacent to an activating group) is 1. The van der Waals surface area contributed by atoms with Gasteiger partial charge in [0, 0.05) is 16.6 Å². The molecule has 0 unspecified atom stereocenters. The first-order valence-corrected chi connectivity index (χ1v) is 13.5. The maximum Gasteiger partial charge on any atom is 0.266 e. The third-order valence-electron chi connectivity index (χ3n) is 5.97. The molecule has 1 fully saturated rings. The van der Waals surface area contributed by atoms with Crippen molar-refractivity contribution < 1.29 is 14.3 Å². The smallest absolute Gasteiger partial charge is 0.266 e. The number of halogens is 1. The van der Waals surface area contributed by atoms with Gasteiger partial charge in [-0.3, -0.25) is 9.69 Å². The molecule has 4 aromatic rings. The van der Waals surface area contributed by atoms with Gasteiger partial charge >= 0.3 is 0 Å². The molecule has 1 saturated heterocycles. The number of carbonyl (C=O) groups excluding carboxylic acids is 1. The fourth-order valence-corrected chi connectivity index (χ4v) is 5.46. The van der Waals surface area contributed by atoms with Crippen LogP contribution in [0.1, 0.15) is 18.1 Å². The largest absolute Gasteiger partial charge is 0.497 e. The summed E-state index contributed by atoms with van der Waals surface area (Å²) in [5.41, 5.74) is 2.67. The van der Waals surface area contributed by atoms with Gasteiger partial charge in [0.05, 0.1) is 17.7 Å². The van der Waals surface area contributed by atoms with Crippen LogP contribution in [0.15, 0.2) is 99.3 Å². The lowest BCUT2D eigenvalue weighted by Gasteiger charge is -2.12. The normalized spacial score (nSPS) is 15.6. The van der Waals surface area contributed by atoms with E-state index in [9.17, 15) is 4.79 Å². The summed E-state index contributed by atoms with van der Waals surface area (Å²) in [6.45, 7) is 2.90. The SMILES string of the molecule is CCN1C(=O)/C(=C\c2cc(Br)ccc2OCc2ccc3ccccc3c2)SC1=Nc1ccc(OC)cc1. The number of rotatable bonds is 7. The van der Waals surface area contributed by atoms with Gasteiger partial charge in [0.1, 0.15) is 18.1 Å². The lowest BCUT2D eigenvalue weighted by molar-refractivity contribution is -0.122. The Morgan fingerprint density at radius 2 is 1.76 bits per heavy atom. The van der Waals surface area contributed by atoms with E-state index in [0.29, 0.717) is 29.0 Å². The lowest BCUT2D eigenvalue weighted by atomic mass is 10.1. The topological polar surface area (TPSA) is 51.1 Å². The highest BCUT2D eigenvalue weighted by atomic mass is 79.9. The first kappa shape index (κ1) is 25.1. The molecule has 7 heteroatoms. The van der Waals surface area contributed by atoms with Gasteiger partial charge in [-0.15, -0.1) is 0 Å². The summed E-state index contributed by atoms with van der Waals surface area (Å²) >= 11 is 4.92. The number of aliphatic imine (C=N–C) groups is 1. The number of nitrogens with zero attached hydrogens (tertiary/aromatic N) is 2. The van der Waals surface area contributed by atoms with Crippen LogP contribution in [0, 0.1) is 0 Å². The Morgan fingerprint density at radius 1 is 0.973 bits per heavy atom. The summed E-state index contributed by atoms with van der Waals surface area (Å²) < 4.78 is 12.4. The van der Waals surface area contributed by atoms with Gasteiger partial charge in [-0.2, -0.15) is 0 Å². The van der Waals surface area contributed by atoms with Crippen LogP contribution in [0.25, 0.3) is 16.8 Å². The van der Waals surface area contributed by atoms with Crippen LogP contribution in [0.3, 0.4) is 0 Å². The maximum atomic E-state index is 13.2. The Labute approximate surface area is 228 Å². The molecule has 0 radical (unpaired) electrons. The fourth-order valence-electron chi connectivity index (χ4n) is 4.03. The summed E-state index contributed by atoms with van der Waals surface area (Å²) in [7, 11) is 1.63. The van der Waals surface area contributed by atoms with Crippen LogP contribution in [-0.2, 0) is 11.4 Å². The number of hydrogen-bond donors (Lipinski definition) is 0. The number of ether oxygens (including phenoxy) is 2. The van der Waals surface area contributed by atoms with Crippen molar-refractivity contribution in [3.8, 4) is 11.5 Å². The Hall–Kier alpha value is -3.55. The molecule has 0 N–H and O–H groups in total. The van der Waals surface area contributed by atoms with Gasteiger partial charge in [0.2, 0.25) is 0 Å². The van der Waals surface area contributed by atoms with Crippen molar-refractivity contribution in [3.63, 3.8) is 0 Å². The highest BCUT2D eigenvalue weighted by Crippen LogP contribution is 2.36. The minimum atomic E-state index is -0.0692. The third kappa shape index (κ3) is 5.73. The van der Waals surface area contributed by atoms with Crippen LogP contribution in [0.4, 0.5) is 5.69 Å². The van der Waals surface area contributed by atoms with E-state index in [4.69, 9.17) is 14.5 Å². The molecule has 0 aromatic heterocycles. The molecular weight excluding hydrogens is 548 g/mol. The first-order chi connectivity index (χ1) is 18.0. The van der Waals surface area contributed by atoms with Crippen LogP contribution in [0.2, 0.25) is 0 Å². The standard InChI is InChI=1S/C30H25BrN2O3S/c1-3-33-29(34)28(37-30(33)32-25-11-13-26(35-2)14-12-25)18-23-17-24(31)10-15-27(23)36-19-20-8-9-21-6-4-5-7-22(21)16-20/h4-18H,3,19H2,1-2H3/b28-18+,32-30?. The molecule has 4 aromatic carbocycles. The van der Waals surface area contributed by atoms with E-state index in [1.807, 2.05) is 67.6 Å². The zero-order valence-electron chi connectivity index (χ0n) is 20.5. The molecule has 0 aliphatic carbocycles. The number of amidine groups is 1. The van der Waals surface area contributed by atoms with Crippen molar-refractivity contribution in [2.45, 2.75) is 13.5 Å². The second-order valence-electron chi connectivity index (χ2n) is 8.40. The Bertz CT molecular complexity index is 1520. The molecule has 0 atom stereocenters. The summed E-state index contributed by atoms with van der Waals surface area (Å²) in [4.78, 5) is 20.2. The Kier molecular flexibility index (Phi) is 7.63. The van der Waals surface area contributed by atoms with Gasteiger partial charge in [-0.25, -0.2) is 4.99 Å². The van der Waals surface area contributed by atoms with Crippen molar-refractivity contribution >= 4 is 61.3 Å². The monoisotopic (exact) mass is 572 g/mol. The quantitative estimate of drug-likeness (QED) is 0.212. The van der Waals surface area contributed by atoms with E-state index in [-0.39, 0.29) is 5.91 Å². The van der Waals surface area contributed by atoms with E-state index in [0.717, 1.165) is 27.0 Å². The zero-order valence-corrected chi connectivity index (χ0v) is 22.9. The molecular formula is C30H25BrN2O3S. The molecule has 0 spiro atoms. The average Bonchev–Trinajstić information content (AvgIpc) is 3.21. The number of benzene rings is 4. The minimum Gasteiger partial charge on any atom is -0.497 e. The molecule has 5 rings (SSSR count). The number of amides is 1. The molecule has 1 heterocycles. The number of carbonyl (C=O) groups is 1. The van der Waals surface area contributed by atoms with Gasteiger partial charge in [-0.05, 0) is 89.6 Å². The van der Waals surface area contributed by atoms with E-state index in [2.05, 4.69) is 46.3 Å². The first-order valence-electron chi connectivity index (χ1n) is 11.9. The highest BCUT2D eigenvalue weighted by Gasteiger charge is 2.32. The molecule has 0 saturated carbocycles. The number of fused-ring (bicyclic) bond motifs is 1. The fraction of sp³-hybridized carbons (Fsp3) is 0.133. The number of thioether (sulfide) groups is 1. The molecule has 1 aliphatic heterocycles. The molecule has 5 nitrogen and oxygen atoms in total. The lowest BCUT2D eigenvalue weighted by Crippen LogP contribution is -2.28. The van der Waals surface area contributed by atoms with Gasteiger partial charge in [0.15, 0.2) is 5.17 Å². The number of hydrogen-bond acceptors (Lipinski definition) is 5. The van der Waals surface area contributed by atoms with Crippen molar-refractivity contribution in [2.24, 2.45) is 4.99 Å². The van der Waals surface area contributed by atoms with Gasteiger partial charge in [0.25, 0.3) is 5.91 Å². The molecule has 186 valence electrons. The van der Waals surface area contributed by atoms with Crippen molar-refractivity contribution in [1.82, 2.24) is 4.90 Å². The van der Waals surface area contributed by atoms with E-state index >= 15 is 0 Å². The van der Waals surface area contributed by atoms with Crippen LogP contribution in [0.5, 0.6) is 11.5 Å². The highest BCUT2D eigenvalue weighted by molar-refractivity contribution is 9.10. The molecule has 0 bridgehead atoms. The summed E-state index contributed by atoms with van der Waals surface area (Å²) in [6.07, 6.45) is 1.88. The molecule has 37 heavy (non-hydrogen) atoms. The average molecular weight is 574 g/mol. The van der Waals surface area contributed by atoms with Crippen LogP contribution in [-0.4, -0.2) is 29.6 Å². The number of methoxy groups -OCH3 is 1. The second-order valence-corrected chi connectivity index (χ2v) is 10.3. The Morgan fingerprint density at radius 3 is 2.51 bits per heavy atom. The predicted octanol–water partition coefficient (Wildman–Crippen LogP) is 7.81. The summed E-state index contributed by atoms with van der Waals surface area (Å²) in [6, 6.07) is 27.9. The van der Waals surface area contributed by atoms with Crippen molar-refractivity contribution in [1.29, 1.82) is 0 Å². The zero-order chi connectivity index (χ0) is 25.8. The molecule has 1 amide bonds. The summed E-state index contributed by atoms with van der Waals surface area (Å²) in [5, 5.41) is 3.03. The predicted molar refractivity (Wildman–Crippen MR) is 155 cm³/mol. The third-order valence-corrected chi connectivity index (χ3v) is 7.47. The van der Waals surface area contributed by atoms with Crippen molar-refractivity contribution in [2.75, 3.05) is 13.7 Å². The van der Waals surface area contributed by atoms with E-state index in [1.165, 1.54) is 22.5 Å². The molecule has 1 aliphatic rings. The van der Waals surface area contributed by atoms with Crippen molar-refractivity contribution in [3.05, 3.63) is 105 Å². The second kappa shape index (κ2) is 11.2. The maximum absolute atomic E-state index is 13.2. The van der Waals surface area contributed by atoms with E-state index in [1.54, 1.807) is 12.0 Å².